The van der Waals surface area contributed by atoms with Crippen molar-refractivity contribution in [2.75, 3.05) is 6.54 Å². The van der Waals surface area contributed by atoms with Crippen LogP contribution in [0.2, 0.25) is 0 Å². The lowest BCUT2D eigenvalue weighted by molar-refractivity contribution is 0.263. The molecule has 0 aliphatic carbocycles. The van der Waals surface area contributed by atoms with Gasteiger partial charge in [0.15, 0.2) is 0 Å². The van der Waals surface area contributed by atoms with Gasteiger partial charge < -0.3 is 5.32 Å². The first-order valence-electron chi connectivity index (χ1n) is 6.05. The van der Waals surface area contributed by atoms with Crippen LogP contribution >= 0.6 is 11.3 Å². The minimum atomic E-state index is -0.807. The minimum Gasteiger partial charge on any atom is -0.311 e. The Morgan fingerprint density at radius 1 is 1.47 bits per heavy atom. The summed E-state index contributed by atoms with van der Waals surface area (Å²) in [7, 11) is 0. The fourth-order valence-electron chi connectivity index (χ4n) is 2.34. The number of alkyl halides is 1. The fraction of sp³-hybridized carbons (Fsp3) is 0.462. The van der Waals surface area contributed by atoms with Gasteiger partial charge in [-0.05, 0) is 31.5 Å². The summed E-state index contributed by atoms with van der Waals surface area (Å²) in [5, 5.41) is 4.12. The third-order valence-electron chi connectivity index (χ3n) is 3.24. The normalized spacial score (nSPS) is 22.1. The van der Waals surface area contributed by atoms with Crippen molar-refractivity contribution in [3.8, 4) is 0 Å². The molecule has 0 amide bonds. The standard InChI is InChI=1S/C13H15FN2S/c14-9(10-5-3-7-15-10)8-13-16-11-4-1-2-6-12(11)17-13/h1-2,4,6,9-10,15H,3,5,7-8H2. The maximum Gasteiger partial charge on any atom is 0.122 e. The van der Waals surface area contributed by atoms with Crippen LogP contribution < -0.4 is 5.32 Å². The molecule has 0 spiro atoms. The Labute approximate surface area is 104 Å². The highest BCUT2D eigenvalue weighted by Crippen LogP contribution is 2.24. The molecule has 0 saturated carbocycles. The van der Waals surface area contributed by atoms with E-state index in [2.05, 4.69) is 10.3 Å². The highest BCUT2D eigenvalue weighted by molar-refractivity contribution is 7.18. The third kappa shape index (κ3) is 2.33. The van der Waals surface area contributed by atoms with E-state index in [-0.39, 0.29) is 6.04 Å². The number of para-hydroxylation sites is 1. The van der Waals surface area contributed by atoms with Crippen LogP contribution in [0, 0.1) is 0 Å². The average Bonchev–Trinajstić information content (AvgIpc) is 2.97. The molecule has 90 valence electrons. The molecule has 1 N–H and O–H groups in total. The summed E-state index contributed by atoms with van der Waals surface area (Å²) in [4.78, 5) is 4.47. The monoisotopic (exact) mass is 250 g/mol. The van der Waals surface area contributed by atoms with E-state index in [1.165, 1.54) is 0 Å². The number of hydrogen-bond acceptors (Lipinski definition) is 3. The summed E-state index contributed by atoms with van der Waals surface area (Å²) in [6.45, 7) is 0.949. The highest BCUT2D eigenvalue weighted by Gasteiger charge is 2.25. The molecule has 4 heteroatoms. The Balaban J connectivity index is 1.75. The van der Waals surface area contributed by atoms with E-state index < -0.39 is 6.17 Å². The van der Waals surface area contributed by atoms with Crippen molar-refractivity contribution in [1.82, 2.24) is 10.3 Å². The maximum absolute atomic E-state index is 14.0. The second-order valence-electron chi connectivity index (χ2n) is 4.50. The molecule has 17 heavy (non-hydrogen) atoms. The zero-order valence-electron chi connectivity index (χ0n) is 9.53. The molecule has 2 unspecified atom stereocenters. The second-order valence-corrected chi connectivity index (χ2v) is 5.61. The van der Waals surface area contributed by atoms with Crippen LogP contribution in [0.1, 0.15) is 17.8 Å². The largest absolute Gasteiger partial charge is 0.311 e. The number of thiazole rings is 1. The van der Waals surface area contributed by atoms with Crippen molar-refractivity contribution in [3.05, 3.63) is 29.3 Å². The number of nitrogens with zero attached hydrogens (tertiary/aromatic N) is 1. The molecule has 1 aromatic carbocycles. The molecule has 1 aromatic heterocycles. The first kappa shape index (κ1) is 11.1. The number of aromatic nitrogens is 1. The lowest BCUT2D eigenvalue weighted by Crippen LogP contribution is -2.33. The molecule has 3 rings (SSSR count). The Hall–Kier alpha value is -1.00. The predicted octanol–water partition coefficient (Wildman–Crippen LogP) is 2.93. The van der Waals surface area contributed by atoms with Gasteiger partial charge in [-0.2, -0.15) is 0 Å². The topological polar surface area (TPSA) is 24.9 Å². The van der Waals surface area contributed by atoms with E-state index in [0.717, 1.165) is 34.6 Å². The minimum absolute atomic E-state index is 0.0296. The van der Waals surface area contributed by atoms with Crippen molar-refractivity contribution < 1.29 is 4.39 Å². The van der Waals surface area contributed by atoms with Crippen LogP contribution in [-0.2, 0) is 6.42 Å². The number of rotatable bonds is 3. The third-order valence-corrected chi connectivity index (χ3v) is 4.30. The van der Waals surface area contributed by atoms with Crippen molar-refractivity contribution in [2.45, 2.75) is 31.5 Å². The quantitative estimate of drug-likeness (QED) is 0.906. The molecular formula is C13H15FN2S. The lowest BCUT2D eigenvalue weighted by atomic mass is 10.1. The van der Waals surface area contributed by atoms with E-state index in [4.69, 9.17) is 0 Å². The molecule has 2 aromatic rings. The molecule has 0 bridgehead atoms. The maximum atomic E-state index is 14.0. The highest BCUT2D eigenvalue weighted by atomic mass is 32.1. The molecule has 2 nitrogen and oxygen atoms in total. The van der Waals surface area contributed by atoms with Gasteiger partial charge >= 0.3 is 0 Å². The number of benzene rings is 1. The summed E-state index contributed by atoms with van der Waals surface area (Å²) < 4.78 is 15.2. The van der Waals surface area contributed by atoms with Crippen LogP contribution in [0.5, 0.6) is 0 Å². The van der Waals surface area contributed by atoms with Crippen molar-refractivity contribution in [2.24, 2.45) is 0 Å². The number of nitrogens with one attached hydrogen (secondary N) is 1. The van der Waals surface area contributed by atoms with Crippen LogP contribution in [0.4, 0.5) is 4.39 Å². The summed E-state index contributed by atoms with van der Waals surface area (Å²) in [5.41, 5.74) is 0.985. The van der Waals surface area contributed by atoms with Gasteiger partial charge in [0.25, 0.3) is 0 Å². The second kappa shape index (κ2) is 4.70. The van der Waals surface area contributed by atoms with Crippen LogP contribution in [0.3, 0.4) is 0 Å². The van der Waals surface area contributed by atoms with Crippen molar-refractivity contribution >= 4 is 21.6 Å². The van der Waals surface area contributed by atoms with Crippen molar-refractivity contribution in [1.29, 1.82) is 0 Å². The molecular weight excluding hydrogens is 235 g/mol. The van der Waals surface area contributed by atoms with E-state index in [1.54, 1.807) is 11.3 Å². The Kier molecular flexibility index (Phi) is 3.07. The summed E-state index contributed by atoms with van der Waals surface area (Å²) in [6.07, 6.45) is 1.67. The molecule has 2 heterocycles. The Bertz CT molecular complexity index is 472. The number of hydrogen-bond donors (Lipinski definition) is 1. The van der Waals surface area contributed by atoms with Gasteiger partial charge in [0, 0.05) is 12.5 Å². The molecule has 1 fully saturated rings. The van der Waals surface area contributed by atoms with E-state index in [0.29, 0.717) is 6.42 Å². The first-order chi connectivity index (χ1) is 8.33. The SMILES string of the molecule is FC(Cc1nc2ccccc2s1)C1CCCN1. The molecule has 1 aliphatic rings. The van der Waals surface area contributed by atoms with Crippen LogP contribution in [0.15, 0.2) is 24.3 Å². The number of fused-ring (bicyclic) bond motifs is 1. The molecule has 2 atom stereocenters. The zero-order valence-corrected chi connectivity index (χ0v) is 10.3. The van der Waals surface area contributed by atoms with Gasteiger partial charge in [-0.15, -0.1) is 11.3 Å². The van der Waals surface area contributed by atoms with Crippen LogP contribution in [0.25, 0.3) is 10.2 Å². The average molecular weight is 250 g/mol. The fourth-order valence-corrected chi connectivity index (χ4v) is 3.34. The summed E-state index contributed by atoms with van der Waals surface area (Å²) >= 11 is 1.61. The van der Waals surface area contributed by atoms with Crippen molar-refractivity contribution in [3.63, 3.8) is 0 Å². The van der Waals surface area contributed by atoms with E-state index >= 15 is 0 Å². The first-order valence-corrected chi connectivity index (χ1v) is 6.86. The molecule has 1 saturated heterocycles. The smallest absolute Gasteiger partial charge is 0.122 e. The van der Waals surface area contributed by atoms with Gasteiger partial charge in [0.05, 0.1) is 15.2 Å². The van der Waals surface area contributed by atoms with E-state index in [1.807, 2.05) is 24.3 Å². The van der Waals surface area contributed by atoms with Gasteiger partial charge in [-0.1, -0.05) is 12.1 Å². The van der Waals surface area contributed by atoms with Gasteiger partial charge in [-0.25, -0.2) is 9.37 Å². The summed E-state index contributed by atoms with van der Waals surface area (Å²) in [6, 6.07) is 8.02. The van der Waals surface area contributed by atoms with Gasteiger partial charge in [0.1, 0.15) is 6.17 Å². The Morgan fingerprint density at radius 2 is 2.35 bits per heavy atom. The molecule has 0 radical (unpaired) electrons. The zero-order chi connectivity index (χ0) is 11.7. The molecule has 1 aliphatic heterocycles. The lowest BCUT2D eigenvalue weighted by Gasteiger charge is -2.14. The number of halogens is 1. The van der Waals surface area contributed by atoms with Crippen LogP contribution in [-0.4, -0.2) is 23.7 Å². The Morgan fingerprint density at radius 3 is 3.12 bits per heavy atom. The predicted molar refractivity (Wildman–Crippen MR) is 69.2 cm³/mol. The summed E-state index contributed by atoms with van der Waals surface area (Å²) in [5.74, 6) is 0. The van der Waals surface area contributed by atoms with Gasteiger partial charge in [-0.3, -0.25) is 0 Å². The van der Waals surface area contributed by atoms with E-state index in [9.17, 15) is 4.39 Å². The van der Waals surface area contributed by atoms with Gasteiger partial charge in [0.2, 0.25) is 0 Å².